The van der Waals surface area contributed by atoms with Gasteiger partial charge in [-0.2, -0.15) is 0 Å². The van der Waals surface area contributed by atoms with Crippen molar-refractivity contribution in [3.8, 4) is 18.1 Å². The van der Waals surface area contributed by atoms with Gasteiger partial charge in [-0.05, 0) is 25.5 Å². The quantitative estimate of drug-likeness (QED) is 0.346. The number of imide groups is 1. The van der Waals surface area contributed by atoms with E-state index >= 15 is 0 Å². The molecule has 2 aromatic rings. The van der Waals surface area contributed by atoms with Gasteiger partial charge in [-0.25, -0.2) is 9.18 Å². The molecule has 32 heavy (non-hydrogen) atoms. The summed E-state index contributed by atoms with van der Waals surface area (Å²) in [6.07, 6.45) is 6.99. The predicted octanol–water partition coefficient (Wildman–Crippen LogP) is 2.10. The highest BCUT2D eigenvalue weighted by atomic mass is 19.1. The van der Waals surface area contributed by atoms with Gasteiger partial charge in [-0.3, -0.25) is 19.9 Å². The van der Waals surface area contributed by atoms with Gasteiger partial charge < -0.3 is 19.8 Å². The van der Waals surface area contributed by atoms with Crippen molar-refractivity contribution in [3.63, 3.8) is 0 Å². The minimum atomic E-state index is -1.78. The van der Waals surface area contributed by atoms with Gasteiger partial charge in [0, 0.05) is 12.3 Å². The molecule has 0 spiro atoms. The summed E-state index contributed by atoms with van der Waals surface area (Å²) in [5.74, 6) is 0.283. The Kier molecular flexibility index (Phi) is 6.30. The van der Waals surface area contributed by atoms with E-state index in [9.17, 15) is 18.8 Å². The van der Waals surface area contributed by atoms with Crippen molar-refractivity contribution in [1.29, 1.82) is 0 Å². The van der Waals surface area contributed by atoms with E-state index in [1.807, 2.05) is 0 Å². The molecule has 1 fully saturated rings. The van der Waals surface area contributed by atoms with E-state index in [0.29, 0.717) is 17.0 Å². The molecule has 166 valence electrons. The van der Waals surface area contributed by atoms with Crippen LogP contribution in [0, 0.1) is 25.1 Å². The molecule has 1 aliphatic heterocycles. The smallest absolute Gasteiger partial charge is 0.322 e. The number of furan rings is 1. The Labute approximate surface area is 183 Å². The number of nitrogens with one attached hydrogen (secondary N) is 3. The van der Waals surface area contributed by atoms with E-state index in [-0.39, 0.29) is 23.5 Å². The Morgan fingerprint density at radius 2 is 2.19 bits per heavy atom. The maximum absolute atomic E-state index is 14.7. The number of hydrogen-bond acceptors (Lipinski definition) is 6. The number of hydrogen-bond donors (Lipinski definition) is 3. The Morgan fingerprint density at radius 1 is 1.44 bits per heavy atom. The molecule has 0 bridgehead atoms. The topological polar surface area (TPSA) is 122 Å². The number of methoxy groups -OCH3 is 1. The van der Waals surface area contributed by atoms with Crippen LogP contribution in [0.1, 0.15) is 34.4 Å². The average Bonchev–Trinajstić information content (AvgIpc) is 3.27. The molecule has 0 aliphatic carbocycles. The number of terminal acetylenes is 1. The lowest BCUT2D eigenvalue weighted by Gasteiger charge is -2.24. The van der Waals surface area contributed by atoms with E-state index in [1.54, 1.807) is 13.8 Å². The van der Waals surface area contributed by atoms with Gasteiger partial charge >= 0.3 is 6.03 Å². The Bertz CT molecular complexity index is 1160. The fourth-order valence-corrected chi connectivity index (χ4v) is 3.37. The number of benzene rings is 1. The van der Waals surface area contributed by atoms with Gasteiger partial charge in [-0.15, -0.1) is 6.42 Å². The minimum Gasteiger partial charge on any atom is -0.494 e. The maximum Gasteiger partial charge on any atom is 0.322 e. The molecule has 0 unspecified atom stereocenters. The first-order valence-electron chi connectivity index (χ1n) is 9.57. The summed E-state index contributed by atoms with van der Waals surface area (Å²) in [7, 11) is 1.28. The van der Waals surface area contributed by atoms with Gasteiger partial charge in [0.05, 0.1) is 25.6 Å². The van der Waals surface area contributed by atoms with Crippen molar-refractivity contribution in [2.75, 3.05) is 13.7 Å². The molecule has 1 aliphatic rings. The van der Waals surface area contributed by atoms with E-state index in [1.165, 1.54) is 31.5 Å². The zero-order valence-corrected chi connectivity index (χ0v) is 17.7. The summed E-state index contributed by atoms with van der Waals surface area (Å²) in [4.78, 5) is 41.7. The summed E-state index contributed by atoms with van der Waals surface area (Å²) >= 11 is 0. The van der Waals surface area contributed by atoms with Crippen LogP contribution in [0.25, 0.3) is 0 Å². The number of rotatable bonds is 7. The Hall–Kier alpha value is -4.13. The third-order valence-corrected chi connectivity index (χ3v) is 4.96. The van der Waals surface area contributed by atoms with Crippen LogP contribution in [0.2, 0.25) is 0 Å². The first kappa shape index (κ1) is 22.6. The number of halogens is 1. The van der Waals surface area contributed by atoms with Gasteiger partial charge in [0.1, 0.15) is 17.2 Å². The van der Waals surface area contributed by atoms with E-state index in [4.69, 9.17) is 15.6 Å². The summed E-state index contributed by atoms with van der Waals surface area (Å²) in [6.45, 7) is 2.83. The van der Waals surface area contributed by atoms with Crippen molar-refractivity contribution < 1.29 is 27.9 Å². The summed E-state index contributed by atoms with van der Waals surface area (Å²) in [5.41, 5.74) is -1.27. The van der Waals surface area contributed by atoms with Crippen molar-refractivity contribution in [1.82, 2.24) is 16.0 Å². The molecule has 1 aromatic carbocycles. The van der Waals surface area contributed by atoms with Crippen LogP contribution in [-0.2, 0) is 16.8 Å². The van der Waals surface area contributed by atoms with Crippen LogP contribution in [-0.4, -0.2) is 37.7 Å². The molecule has 1 aromatic heterocycles. The standard InChI is InChI=1S/C22H21FN4O5/c1-5-7-14-13(24-6-2)10-16(32-14)22(20(29)26-21(30)27-22)11-25-19(28)17-12(3)8-9-15(31-4)18(17)23/h1,6,8-10H,7,11H2,2-4H3,(H,25,28)(H2,26,27,29,30)/t22-/m0/s1. The van der Waals surface area contributed by atoms with Crippen LogP contribution >= 0.6 is 0 Å². The fraction of sp³-hybridized carbons (Fsp3) is 0.273. The number of amides is 4. The molecular weight excluding hydrogens is 419 g/mol. The van der Waals surface area contributed by atoms with Crippen LogP contribution in [0.15, 0.2) is 27.6 Å². The number of carbonyl (C=O) groups excluding carboxylic acids is 3. The highest BCUT2D eigenvalue weighted by Crippen LogP contribution is 2.33. The Balaban J connectivity index is 1.98. The second kappa shape index (κ2) is 8.93. The van der Waals surface area contributed by atoms with Crippen LogP contribution in [0.5, 0.6) is 5.75 Å². The molecule has 1 saturated heterocycles. The molecule has 1 atom stereocenters. The number of ether oxygens (including phenoxy) is 1. The van der Waals surface area contributed by atoms with Crippen LogP contribution in [0.3, 0.4) is 0 Å². The number of aryl methyl sites for hydroxylation is 1. The normalized spacial score (nSPS) is 17.7. The monoisotopic (exact) mass is 440 g/mol. The summed E-state index contributed by atoms with van der Waals surface area (Å²) < 4.78 is 25.4. The molecule has 4 amide bonds. The maximum atomic E-state index is 14.7. The molecule has 0 saturated carbocycles. The van der Waals surface area contributed by atoms with Crippen molar-refractivity contribution >= 4 is 29.7 Å². The zero-order valence-electron chi connectivity index (χ0n) is 17.7. The average molecular weight is 440 g/mol. The van der Waals surface area contributed by atoms with Gasteiger partial charge in [-0.1, -0.05) is 12.0 Å². The Morgan fingerprint density at radius 3 is 2.78 bits per heavy atom. The number of nitrogens with zero attached hydrogens (tertiary/aromatic N) is 1. The molecular formula is C22H21FN4O5. The van der Waals surface area contributed by atoms with Crippen LogP contribution < -0.4 is 20.7 Å². The van der Waals surface area contributed by atoms with Crippen molar-refractivity contribution in [3.05, 3.63) is 46.7 Å². The lowest BCUT2D eigenvalue weighted by atomic mass is 9.95. The first-order valence-corrected chi connectivity index (χ1v) is 9.57. The minimum absolute atomic E-state index is 0.0230. The van der Waals surface area contributed by atoms with Crippen LogP contribution in [0.4, 0.5) is 14.9 Å². The zero-order chi connectivity index (χ0) is 23.5. The van der Waals surface area contributed by atoms with E-state index in [2.05, 4.69) is 26.9 Å². The molecule has 10 heteroatoms. The predicted molar refractivity (Wildman–Crippen MR) is 113 cm³/mol. The van der Waals surface area contributed by atoms with Gasteiger partial charge in [0.2, 0.25) is 0 Å². The van der Waals surface area contributed by atoms with Gasteiger partial charge in [0.15, 0.2) is 17.1 Å². The second-order valence-corrected chi connectivity index (χ2v) is 6.96. The third kappa shape index (κ3) is 3.92. The molecule has 2 heterocycles. The SMILES string of the molecule is C#CCc1oc([C@]2(CNC(=O)c3c(C)ccc(OC)c3F)NC(=O)NC2=O)cc1N=CC. The molecule has 9 nitrogen and oxygen atoms in total. The largest absolute Gasteiger partial charge is 0.494 e. The van der Waals surface area contributed by atoms with Gasteiger partial charge in [0.25, 0.3) is 11.8 Å². The second-order valence-electron chi connectivity index (χ2n) is 6.96. The van der Waals surface area contributed by atoms with E-state index in [0.717, 1.165) is 0 Å². The third-order valence-electron chi connectivity index (χ3n) is 4.96. The van der Waals surface area contributed by atoms with Crippen molar-refractivity contribution in [2.45, 2.75) is 25.8 Å². The number of aliphatic imine (C=N–C) groups is 1. The molecule has 3 N–H and O–H groups in total. The highest BCUT2D eigenvalue weighted by molar-refractivity contribution is 6.08. The molecule has 3 rings (SSSR count). The fourth-order valence-electron chi connectivity index (χ4n) is 3.37. The number of urea groups is 1. The summed E-state index contributed by atoms with van der Waals surface area (Å²) in [6, 6.07) is 3.62. The van der Waals surface area contributed by atoms with E-state index < -0.39 is 35.7 Å². The number of carbonyl (C=O) groups is 3. The first-order chi connectivity index (χ1) is 15.3. The highest BCUT2D eigenvalue weighted by Gasteiger charge is 2.51. The summed E-state index contributed by atoms with van der Waals surface area (Å²) in [5, 5.41) is 7.13. The van der Waals surface area contributed by atoms with Crippen molar-refractivity contribution in [2.24, 2.45) is 4.99 Å². The lowest BCUT2D eigenvalue weighted by Crippen LogP contribution is -2.52. The molecule has 0 radical (unpaired) electrons. The lowest BCUT2D eigenvalue weighted by molar-refractivity contribution is -0.124.